The molecule has 0 saturated carbocycles. The molecule has 0 atom stereocenters. The normalized spacial score (nSPS) is 19.2. The van der Waals surface area contributed by atoms with Crippen LogP contribution in [0.25, 0.3) is 6.08 Å². The highest BCUT2D eigenvalue weighted by atomic mass is 32.1. The number of allylic oxidation sites excluding steroid dienone is 1. The Morgan fingerprint density at radius 2 is 2.21 bits per heavy atom. The van der Waals surface area contributed by atoms with Crippen molar-refractivity contribution in [3.8, 4) is 0 Å². The maximum atomic E-state index is 13.1. The molecule has 1 aromatic heterocycles. The van der Waals surface area contributed by atoms with E-state index in [2.05, 4.69) is 11.4 Å². The molecule has 2 heterocycles. The Kier molecular flexibility index (Phi) is 3.32. The van der Waals surface area contributed by atoms with Gasteiger partial charge in [0.2, 0.25) is 0 Å². The van der Waals surface area contributed by atoms with Crippen molar-refractivity contribution < 1.29 is 4.39 Å². The molecule has 2 rings (SSSR count). The van der Waals surface area contributed by atoms with E-state index in [1.807, 2.05) is 6.08 Å². The van der Waals surface area contributed by atoms with Gasteiger partial charge in [0.15, 0.2) is 0 Å². The van der Waals surface area contributed by atoms with Crippen LogP contribution < -0.4 is 5.32 Å². The Labute approximate surface area is 87.6 Å². The summed E-state index contributed by atoms with van der Waals surface area (Å²) in [4.78, 5) is 0.753. The van der Waals surface area contributed by atoms with Gasteiger partial charge in [-0.25, -0.2) is 4.39 Å². The Morgan fingerprint density at radius 3 is 2.86 bits per heavy atom. The van der Waals surface area contributed by atoms with E-state index < -0.39 is 0 Å². The topological polar surface area (TPSA) is 12.0 Å². The molecule has 1 aliphatic heterocycles. The zero-order valence-electron chi connectivity index (χ0n) is 8.00. The molecule has 3 heteroatoms. The molecule has 0 aromatic carbocycles. The van der Waals surface area contributed by atoms with Crippen LogP contribution in [0, 0.1) is 11.7 Å². The quantitative estimate of drug-likeness (QED) is 0.793. The summed E-state index contributed by atoms with van der Waals surface area (Å²) in [5, 5.41) is 5.10. The number of halogens is 1. The molecule has 1 saturated heterocycles. The highest BCUT2D eigenvalue weighted by Crippen LogP contribution is 2.20. The first-order valence-corrected chi connectivity index (χ1v) is 5.86. The van der Waals surface area contributed by atoms with E-state index in [9.17, 15) is 4.39 Å². The van der Waals surface area contributed by atoms with Crippen LogP contribution in [0.4, 0.5) is 4.39 Å². The van der Waals surface area contributed by atoms with Gasteiger partial charge in [-0.2, -0.15) is 0 Å². The maximum absolute atomic E-state index is 13.1. The summed E-state index contributed by atoms with van der Waals surface area (Å²) in [7, 11) is 0. The lowest BCUT2D eigenvalue weighted by atomic mass is 9.98. The molecule has 1 N–H and O–H groups in total. The number of thiophene rings is 1. The third-order valence-electron chi connectivity index (χ3n) is 2.55. The minimum absolute atomic E-state index is 0.0971. The fraction of sp³-hybridized carbons (Fsp3) is 0.455. The minimum Gasteiger partial charge on any atom is -0.317 e. The van der Waals surface area contributed by atoms with Crippen molar-refractivity contribution >= 4 is 17.4 Å². The van der Waals surface area contributed by atoms with Crippen molar-refractivity contribution in [3.05, 3.63) is 28.2 Å². The fourth-order valence-corrected chi connectivity index (χ4v) is 2.36. The molecule has 76 valence electrons. The van der Waals surface area contributed by atoms with Gasteiger partial charge in [-0.05, 0) is 49.4 Å². The first-order chi connectivity index (χ1) is 6.86. The Morgan fingerprint density at radius 1 is 1.43 bits per heavy atom. The van der Waals surface area contributed by atoms with Crippen molar-refractivity contribution in [1.29, 1.82) is 0 Å². The molecule has 14 heavy (non-hydrogen) atoms. The number of nitrogens with one attached hydrogen (secondary N) is 1. The molecule has 1 aromatic rings. The molecule has 0 aliphatic carbocycles. The van der Waals surface area contributed by atoms with E-state index in [4.69, 9.17) is 0 Å². The van der Waals surface area contributed by atoms with Crippen LogP contribution in [0.1, 0.15) is 17.7 Å². The molecule has 0 spiro atoms. The third-order valence-corrected chi connectivity index (χ3v) is 3.41. The number of piperidine rings is 1. The van der Waals surface area contributed by atoms with E-state index in [0.29, 0.717) is 5.92 Å². The monoisotopic (exact) mass is 211 g/mol. The van der Waals surface area contributed by atoms with Crippen LogP contribution in [0.15, 0.2) is 17.5 Å². The minimum atomic E-state index is -0.0971. The SMILES string of the molecule is Fc1ccsc1C=CC1CCNCC1. The van der Waals surface area contributed by atoms with E-state index in [-0.39, 0.29) is 5.82 Å². The van der Waals surface area contributed by atoms with Gasteiger partial charge in [0, 0.05) is 0 Å². The van der Waals surface area contributed by atoms with Crippen molar-refractivity contribution in [2.24, 2.45) is 5.92 Å². The maximum Gasteiger partial charge on any atom is 0.141 e. The summed E-state index contributed by atoms with van der Waals surface area (Å²) in [6.07, 6.45) is 6.42. The number of hydrogen-bond donors (Lipinski definition) is 1. The van der Waals surface area contributed by atoms with Gasteiger partial charge in [0.25, 0.3) is 0 Å². The molecule has 0 amide bonds. The molecule has 1 fully saturated rings. The van der Waals surface area contributed by atoms with Crippen LogP contribution in [-0.2, 0) is 0 Å². The van der Waals surface area contributed by atoms with Gasteiger partial charge >= 0.3 is 0 Å². The summed E-state index contributed by atoms with van der Waals surface area (Å²) in [6, 6.07) is 1.52. The lowest BCUT2D eigenvalue weighted by Gasteiger charge is -2.18. The summed E-state index contributed by atoms with van der Waals surface area (Å²) < 4.78 is 13.1. The highest BCUT2D eigenvalue weighted by molar-refractivity contribution is 7.10. The van der Waals surface area contributed by atoms with Crippen LogP contribution >= 0.6 is 11.3 Å². The lowest BCUT2D eigenvalue weighted by Crippen LogP contribution is -2.26. The molecule has 0 radical (unpaired) electrons. The van der Waals surface area contributed by atoms with Crippen LogP contribution in [0.3, 0.4) is 0 Å². The largest absolute Gasteiger partial charge is 0.317 e. The Balaban J connectivity index is 1.95. The molecule has 1 nitrogen and oxygen atoms in total. The number of hydrogen-bond acceptors (Lipinski definition) is 2. The summed E-state index contributed by atoms with van der Waals surface area (Å²) >= 11 is 1.46. The summed E-state index contributed by atoms with van der Waals surface area (Å²) in [5.41, 5.74) is 0. The zero-order chi connectivity index (χ0) is 9.80. The van der Waals surface area contributed by atoms with Crippen molar-refractivity contribution in [1.82, 2.24) is 5.32 Å². The molecule has 0 unspecified atom stereocenters. The van der Waals surface area contributed by atoms with E-state index in [1.54, 1.807) is 5.38 Å². The number of rotatable bonds is 2. The van der Waals surface area contributed by atoms with Gasteiger partial charge in [-0.1, -0.05) is 6.08 Å². The highest BCUT2D eigenvalue weighted by Gasteiger charge is 2.09. The van der Waals surface area contributed by atoms with Crippen LogP contribution in [0.2, 0.25) is 0 Å². The second kappa shape index (κ2) is 4.71. The first-order valence-electron chi connectivity index (χ1n) is 4.98. The molecular formula is C11H14FNS. The Hall–Kier alpha value is -0.670. The predicted molar refractivity (Wildman–Crippen MR) is 58.9 cm³/mol. The van der Waals surface area contributed by atoms with Gasteiger partial charge < -0.3 is 5.32 Å². The van der Waals surface area contributed by atoms with Gasteiger partial charge in [-0.15, -0.1) is 11.3 Å². The second-order valence-electron chi connectivity index (χ2n) is 3.58. The van der Waals surface area contributed by atoms with Crippen molar-refractivity contribution in [2.75, 3.05) is 13.1 Å². The van der Waals surface area contributed by atoms with Gasteiger partial charge in [0.1, 0.15) is 5.82 Å². The first kappa shape index (κ1) is 9.87. The van der Waals surface area contributed by atoms with E-state index in [0.717, 1.165) is 18.0 Å². The smallest absolute Gasteiger partial charge is 0.141 e. The fourth-order valence-electron chi connectivity index (χ4n) is 1.68. The standard InChI is InChI=1S/C11H14FNS/c12-10-5-8-14-11(10)2-1-9-3-6-13-7-4-9/h1-2,5,8-9,13H,3-4,6-7H2. The second-order valence-corrected chi connectivity index (χ2v) is 4.53. The zero-order valence-corrected chi connectivity index (χ0v) is 8.82. The van der Waals surface area contributed by atoms with E-state index >= 15 is 0 Å². The van der Waals surface area contributed by atoms with Gasteiger partial charge in [-0.3, -0.25) is 0 Å². The average Bonchev–Trinajstić information content (AvgIpc) is 2.63. The average molecular weight is 211 g/mol. The van der Waals surface area contributed by atoms with E-state index in [1.165, 1.54) is 30.2 Å². The van der Waals surface area contributed by atoms with Crippen LogP contribution in [0.5, 0.6) is 0 Å². The third kappa shape index (κ3) is 2.42. The van der Waals surface area contributed by atoms with Crippen LogP contribution in [-0.4, -0.2) is 13.1 Å². The van der Waals surface area contributed by atoms with Gasteiger partial charge in [0.05, 0.1) is 4.88 Å². The van der Waals surface area contributed by atoms with Crippen molar-refractivity contribution in [2.45, 2.75) is 12.8 Å². The Bertz CT molecular complexity index is 313. The predicted octanol–water partition coefficient (Wildman–Crippen LogP) is 2.90. The summed E-state index contributed by atoms with van der Waals surface area (Å²) in [6.45, 7) is 2.17. The van der Waals surface area contributed by atoms with Crippen molar-refractivity contribution in [3.63, 3.8) is 0 Å². The molecular weight excluding hydrogens is 197 g/mol. The molecule has 0 bridgehead atoms. The summed E-state index contributed by atoms with van der Waals surface area (Å²) in [5.74, 6) is 0.526. The lowest BCUT2D eigenvalue weighted by molar-refractivity contribution is 0.438. The molecule has 1 aliphatic rings.